The second-order valence-electron chi connectivity index (χ2n) is 7.53. The first-order chi connectivity index (χ1) is 14.2. The maximum absolute atomic E-state index is 10.5. The Balaban J connectivity index is 2.15. The minimum Gasteiger partial charge on any atom is -0.508 e. The molecule has 158 valence electrons. The summed E-state index contributed by atoms with van der Waals surface area (Å²) in [4.78, 5) is 1.79. The number of phenolic OH excluding ortho intramolecular Hbond substituents is 2. The molecular formula is C23H28N4O2S. The smallest absolute Gasteiger partial charge is 0.177 e. The lowest BCUT2D eigenvalue weighted by atomic mass is 9.97. The highest BCUT2D eigenvalue weighted by atomic mass is 32.1. The fourth-order valence-corrected chi connectivity index (χ4v) is 3.84. The van der Waals surface area contributed by atoms with Gasteiger partial charge in [0.05, 0.1) is 11.2 Å². The van der Waals surface area contributed by atoms with Crippen molar-refractivity contribution in [3.05, 3.63) is 59.8 Å². The van der Waals surface area contributed by atoms with Crippen LogP contribution in [0.25, 0.3) is 16.6 Å². The number of anilines is 1. The van der Waals surface area contributed by atoms with Crippen LogP contribution in [0, 0.1) is 6.92 Å². The van der Waals surface area contributed by atoms with Crippen molar-refractivity contribution in [2.24, 2.45) is 0 Å². The first kappa shape index (κ1) is 21.5. The van der Waals surface area contributed by atoms with E-state index in [1.807, 2.05) is 50.0 Å². The average Bonchev–Trinajstić information content (AvgIpc) is 3.03. The maximum Gasteiger partial charge on any atom is 0.177 e. The molecule has 0 aliphatic heterocycles. The molecular weight excluding hydrogens is 396 g/mol. The Kier molecular flexibility index (Phi) is 5.94. The number of nitrogens with one attached hydrogen (secondary N) is 2. The second kappa shape index (κ2) is 8.28. The SMILES string of the molecule is C=C(c1cc(C(C)C)c(O)cc1O)N(C(=S)NC)c1ccc2c(c1)c(C)cn2NC. The van der Waals surface area contributed by atoms with Crippen molar-refractivity contribution >= 4 is 39.6 Å². The van der Waals surface area contributed by atoms with Gasteiger partial charge < -0.3 is 21.0 Å². The van der Waals surface area contributed by atoms with Crippen molar-refractivity contribution < 1.29 is 10.2 Å². The van der Waals surface area contributed by atoms with Gasteiger partial charge in [-0.3, -0.25) is 9.58 Å². The molecule has 0 radical (unpaired) electrons. The summed E-state index contributed by atoms with van der Waals surface area (Å²) in [5, 5.41) is 25.3. The van der Waals surface area contributed by atoms with E-state index in [-0.39, 0.29) is 17.4 Å². The zero-order valence-electron chi connectivity index (χ0n) is 17.9. The van der Waals surface area contributed by atoms with Crippen LogP contribution in [0.2, 0.25) is 0 Å². The number of thiocarbonyl (C=S) groups is 1. The van der Waals surface area contributed by atoms with Gasteiger partial charge in [-0.1, -0.05) is 20.4 Å². The molecule has 6 nitrogen and oxygen atoms in total. The summed E-state index contributed by atoms with van der Waals surface area (Å²) in [6.45, 7) is 10.2. The van der Waals surface area contributed by atoms with Crippen LogP contribution >= 0.6 is 12.2 Å². The highest BCUT2D eigenvalue weighted by Crippen LogP contribution is 2.38. The number of phenols is 2. The molecule has 0 spiro atoms. The average molecular weight is 425 g/mol. The number of hydrogen-bond acceptors (Lipinski definition) is 4. The molecule has 3 rings (SSSR count). The predicted molar refractivity (Wildman–Crippen MR) is 129 cm³/mol. The fraction of sp³-hybridized carbons (Fsp3) is 0.261. The molecule has 2 aromatic carbocycles. The summed E-state index contributed by atoms with van der Waals surface area (Å²) in [5.41, 5.74) is 7.89. The van der Waals surface area contributed by atoms with Crippen molar-refractivity contribution in [2.45, 2.75) is 26.7 Å². The lowest BCUT2D eigenvalue weighted by molar-refractivity contribution is 0.443. The van der Waals surface area contributed by atoms with Crippen molar-refractivity contribution in [3.63, 3.8) is 0 Å². The largest absolute Gasteiger partial charge is 0.508 e. The highest BCUT2D eigenvalue weighted by Gasteiger charge is 2.22. The summed E-state index contributed by atoms with van der Waals surface area (Å²) >= 11 is 5.58. The third-order valence-electron chi connectivity index (χ3n) is 5.25. The number of nitrogens with zero attached hydrogens (tertiary/aromatic N) is 2. The van der Waals surface area contributed by atoms with Crippen molar-refractivity contribution in [1.29, 1.82) is 0 Å². The number of rotatable bonds is 5. The summed E-state index contributed by atoms with van der Waals surface area (Å²) in [5.74, 6) is 0.0961. The van der Waals surface area contributed by atoms with Gasteiger partial charge in [0, 0.05) is 43.0 Å². The van der Waals surface area contributed by atoms with Gasteiger partial charge in [-0.2, -0.15) is 0 Å². The minimum atomic E-state index is -0.0515. The van der Waals surface area contributed by atoms with E-state index in [0.717, 1.165) is 27.7 Å². The topological polar surface area (TPSA) is 72.7 Å². The molecule has 0 atom stereocenters. The molecule has 0 bridgehead atoms. The Hall–Kier alpha value is -3.19. The van der Waals surface area contributed by atoms with Crippen LogP contribution < -0.4 is 15.6 Å². The van der Waals surface area contributed by atoms with Crippen LogP contribution in [0.15, 0.2) is 43.1 Å². The van der Waals surface area contributed by atoms with Gasteiger partial charge in [0.2, 0.25) is 0 Å². The molecule has 3 aromatic rings. The number of benzene rings is 2. The van der Waals surface area contributed by atoms with E-state index >= 15 is 0 Å². The molecule has 0 aliphatic carbocycles. The summed E-state index contributed by atoms with van der Waals surface area (Å²) < 4.78 is 1.96. The zero-order chi connectivity index (χ0) is 22.2. The predicted octanol–water partition coefficient (Wildman–Crippen LogP) is 4.64. The molecule has 7 heteroatoms. The van der Waals surface area contributed by atoms with Gasteiger partial charge in [-0.25, -0.2) is 0 Å². The molecule has 0 fully saturated rings. The van der Waals surface area contributed by atoms with E-state index in [4.69, 9.17) is 12.2 Å². The molecule has 0 aliphatic rings. The van der Waals surface area contributed by atoms with E-state index in [0.29, 0.717) is 16.4 Å². The lowest BCUT2D eigenvalue weighted by Gasteiger charge is -2.28. The van der Waals surface area contributed by atoms with Crippen LogP contribution in [0.4, 0.5) is 5.69 Å². The normalized spacial score (nSPS) is 11.0. The van der Waals surface area contributed by atoms with Crippen LogP contribution in [-0.2, 0) is 0 Å². The van der Waals surface area contributed by atoms with Gasteiger partial charge in [0.15, 0.2) is 5.11 Å². The Labute approximate surface area is 182 Å². The van der Waals surface area contributed by atoms with Crippen LogP contribution in [0.5, 0.6) is 11.5 Å². The quantitative estimate of drug-likeness (QED) is 0.447. The van der Waals surface area contributed by atoms with E-state index in [2.05, 4.69) is 24.2 Å². The monoisotopic (exact) mass is 424 g/mol. The summed E-state index contributed by atoms with van der Waals surface area (Å²) in [6.07, 6.45) is 2.03. The highest BCUT2D eigenvalue weighted by molar-refractivity contribution is 7.80. The van der Waals surface area contributed by atoms with Crippen molar-refractivity contribution in [3.8, 4) is 11.5 Å². The fourth-order valence-electron chi connectivity index (χ4n) is 3.62. The lowest BCUT2D eigenvalue weighted by Crippen LogP contribution is -2.36. The molecule has 0 saturated carbocycles. The van der Waals surface area contributed by atoms with Crippen LogP contribution in [-0.4, -0.2) is 34.1 Å². The van der Waals surface area contributed by atoms with Gasteiger partial charge in [0.25, 0.3) is 0 Å². The van der Waals surface area contributed by atoms with E-state index in [9.17, 15) is 10.2 Å². The summed E-state index contributed by atoms with van der Waals surface area (Å²) in [7, 11) is 3.62. The van der Waals surface area contributed by atoms with Gasteiger partial charge in [-0.05, 0) is 60.5 Å². The third-order valence-corrected chi connectivity index (χ3v) is 5.64. The van der Waals surface area contributed by atoms with E-state index < -0.39 is 0 Å². The number of aromatic nitrogens is 1. The number of aryl methyl sites for hydroxylation is 1. The van der Waals surface area contributed by atoms with Gasteiger partial charge in [-0.15, -0.1) is 0 Å². The molecule has 0 amide bonds. The zero-order valence-corrected chi connectivity index (χ0v) is 18.8. The standard InChI is InChI=1S/C23H28N4O2S/c1-13(2)17-10-19(22(29)11-21(17)28)15(4)27(23(30)24-5)16-7-8-20-18(9-16)14(3)12-26(20)25-6/h7-13,25,28-29H,4H2,1-3,5-6H3,(H,24,30). The molecule has 0 unspecified atom stereocenters. The molecule has 1 aromatic heterocycles. The van der Waals surface area contributed by atoms with Gasteiger partial charge >= 0.3 is 0 Å². The Bertz CT molecular complexity index is 1130. The Morgan fingerprint density at radius 3 is 2.43 bits per heavy atom. The third kappa shape index (κ3) is 3.68. The number of aromatic hydroxyl groups is 2. The number of fused-ring (bicyclic) bond motifs is 1. The van der Waals surface area contributed by atoms with E-state index in [1.54, 1.807) is 18.0 Å². The van der Waals surface area contributed by atoms with Crippen molar-refractivity contribution in [2.75, 3.05) is 24.4 Å². The van der Waals surface area contributed by atoms with Crippen molar-refractivity contribution in [1.82, 2.24) is 9.99 Å². The summed E-state index contributed by atoms with van der Waals surface area (Å²) in [6, 6.07) is 9.16. The molecule has 0 saturated heterocycles. The van der Waals surface area contributed by atoms with Gasteiger partial charge in [0.1, 0.15) is 11.5 Å². The first-order valence-corrected chi connectivity index (χ1v) is 10.2. The second-order valence-corrected chi connectivity index (χ2v) is 7.91. The molecule has 30 heavy (non-hydrogen) atoms. The molecule has 1 heterocycles. The minimum absolute atomic E-state index is 0.0515. The number of hydrogen-bond donors (Lipinski definition) is 4. The molecule has 4 N–H and O–H groups in total. The maximum atomic E-state index is 10.5. The van der Waals surface area contributed by atoms with Crippen LogP contribution in [0.1, 0.15) is 36.5 Å². The Morgan fingerprint density at radius 2 is 1.83 bits per heavy atom. The Morgan fingerprint density at radius 1 is 1.13 bits per heavy atom. The van der Waals surface area contributed by atoms with E-state index in [1.165, 1.54) is 6.07 Å². The van der Waals surface area contributed by atoms with Crippen LogP contribution in [0.3, 0.4) is 0 Å². The first-order valence-electron chi connectivity index (χ1n) is 9.76.